The van der Waals surface area contributed by atoms with E-state index in [0.717, 1.165) is 31.4 Å². The van der Waals surface area contributed by atoms with Crippen LogP contribution in [-0.2, 0) is 13.1 Å². The van der Waals surface area contributed by atoms with Gasteiger partial charge in [-0.3, -0.25) is 14.8 Å². The lowest BCUT2D eigenvalue weighted by Gasteiger charge is -2.35. The first kappa shape index (κ1) is 16.9. The van der Waals surface area contributed by atoms with Gasteiger partial charge in [0.2, 0.25) is 0 Å². The summed E-state index contributed by atoms with van der Waals surface area (Å²) in [6.07, 6.45) is 6.67. The number of piperidine rings is 1. The van der Waals surface area contributed by atoms with Crippen LogP contribution in [-0.4, -0.2) is 49.8 Å². The average molecular weight is 361 g/mol. The molecule has 0 amide bonds. The molecule has 3 aliphatic heterocycles. The maximum Gasteiger partial charge on any atom is 0.110 e. The monoisotopic (exact) mass is 361 g/mol. The summed E-state index contributed by atoms with van der Waals surface area (Å²) in [6.45, 7) is 7.53. The molecule has 5 heteroatoms. The predicted octanol–water partition coefficient (Wildman–Crippen LogP) is 3.13. The highest BCUT2D eigenvalue weighted by atomic mass is 15.3. The molecular weight excluding hydrogens is 334 g/mol. The number of nitrogens with zero attached hydrogens (tertiary/aromatic N) is 5. The van der Waals surface area contributed by atoms with Crippen molar-refractivity contribution in [1.29, 1.82) is 0 Å². The van der Waals surface area contributed by atoms with Gasteiger partial charge in [-0.25, -0.2) is 4.98 Å². The predicted molar refractivity (Wildman–Crippen MR) is 106 cm³/mol. The normalized spacial score (nSPS) is 23.7. The number of imidazole rings is 1. The highest BCUT2D eigenvalue weighted by molar-refractivity contribution is 5.53. The SMILES string of the molecule is Cc1nc(CN2C[C@H]3CC[C@@H]2CN(Cc2ccccn2)C3)c2ccccn12. The van der Waals surface area contributed by atoms with E-state index in [1.807, 2.05) is 12.3 Å². The minimum absolute atomic E-state index is 0.619. The summed E-state index contributed by atoms with van der Waals surface area (Å²) in [5, 5.41) is 0. The maximum atomic E-state index is 4.88. The van der Waals surface area contributed by atoms with E-state index in [0.29, 0.717) is 6.04 Å². The van der Waals surface area contributed by atoms with Crippen LogP contribution in [0.5, 0.6) is 0 Å². The Hall–Kier alpha value is -2.24. The molecule has 3 aromatic rings. The fourth-order valence-corrected chi connectivity index (χ4v) is 4.90. The summed E-state index contributed by atoms with van der Waals surface area (Å²) in [6, 6.07) is 13.2. The van der Waals surface area contributed by atoms with Crippen molar-refractivity contribution in [1.82, 2.24) is 24.2 Å². The molecule has 0 unspecified atom stereocenters. The van der Waals surface area contributed by atoms with Gasteiger partial charge in [-0.1, -0.05) is 12.1 Å². The third kappa shape index (κ3) is 3.37. The maximum absolute atomic E-state index is 4.88. The summed E-state index contributed by atoms with van der Waals surface area (Å²) in [4.78, 5) is 14.7. The molecule has 0 aliphatic carbocycles. The Morgan fingerprint density at radius 2 is 1.93 bits per heavy atom. The van der Waals surface area contributed by atoms with E-state index in [1.165, 1.54) is 42.8 Å². The zero-order chi connectivity index (χ0) is 18.2. The summed E-state index contributed by atoms with van der Waals surface area (Å²) >= 11 is 0. The van der Waals surface area contributed by atoms with E-state index in [1.54, 1.807) is 0 Å². The molecule has 2 bridgehead atoms. The third-order valence-corrected chi connectivity index (χ3v) is 6.17. The van der Waals surface area contributed by atoms with E-state index in [4.69, 9.17) is 4.98 Å². The number of rotatable bonds is 4. The molecule has 0 spiro atoms. The number of aromatic nitrogens is 3. The van der Waals surface area contributed by atoms with Gasteiger partial charge in [-0.15, -0.1) is 0 Å². The van der Waals surface area contributed by atoms with Crippen molar-refractivity contribution >= 4 is 5.52 Å². The number of hydrogen-bond donors (Lipinski definition) is 0. The molecule has 27 heavy (non-hydrogen) atoms. The van der Waals surface area contributed by atoms with Crippen molar-refractivity contribution in [3.8, 4) is 0 Å². The van der Waals surface area contributed by atoms with Crippen LogP contribution in [0.25, 0.3) is 5.52 Å². The Bertz CT molecular complexity index is 919. The van der Waals surface area contributed by atoms with Crippen LogP contribution in [0.2, 0.25) is 0 Å². The molecule has 5 nitrogen and oxygen atoms in total. The van der Waals surface area contributed by atoms with Crippen LogP contribution in [0.15, 0.2) is 48.8 Å². The first-order valence-corrected chi connectivity index (χ1v) is 10.0. The molecule has 0 radical (unpaired) electrons. The minimum atomic E-state index is 0.619. The van der Waals surface area contributed by atoms with Crippen molar-refractivity contribution in [2.45, 2.75) is 38.9 Å². The third-order valence-electron chi connectivity index (χ3n) is 6.17. The Balaban J connectivity index is 1.34. The van der Waals surface area contributed by atoms with Crippen LogP contribution in [0, 0.1) is 12.8 Å². The van der Waals surface area contributed by atoms with E-state index in [2.05, 4.69) is 62.6 Å². The molecule has 140 valence electrons. The minimum Gasteiger partial charge on any atom is -0.304 e. The van der Waals surface area contributed by atoms with E-state index in [-0.39, 0.29) is 0 Å². The molecule has 3 saturated heterocycles. The highest BCUT2D eigenvalue weighted by Crippen LogP contribution is 2.30. The van der Waals surface area contributed by atoms with E-state index >= 15 is 0 Å². The van der Waals surface area contributed by atoms with Crippen LogP contribution in [0.1, 0.15) is 30.1 Å². The van der Waals surface area contributed by atoms with Gasteiger partial charge in [0, 0.05) is 51.2 Å². The molecule has 6 heterocycles. The highest BCUT2D eigenvalue weighted by Gasteiger charge is 2.35. The van der Waals surface area contributed by atoms with Gasteiger partial charge in [0.05, 0.1) is 16.9 Å². The van der Waals surface area contributed by atoms with Gasteiger partial charge < -0.3 is 4.40 Å². The van der Waals surface area contributed by atoms with Crippen molar-refractivity contribution in [3.05, 3.63) is 66.0 Å². The van der Waals surface area contributed by atoms with Crippen molar-refractivity contribution in [2.75, 3.05) is 19.6 Å². The van der Waals surface area contributed by atoms with Crippen molar-refractivity contribution < 1.29 is 0 Å². The Morgan fingerprint density at radius 1 is 1.00 bits per heavy atom. The lowest BCUT2D eigenvalue weighted by atomic mass is 9.95. The zero-order valence-electron chi connectivity index (χ0n) is 16.0. The molecule has 0 N–H and O–H groups in total. The quantitative estimate of drug-likeness (QED) is 0.715. The molecule has 0 saturated carbocycles. The molecule has 0 aromatic carbocycles. The molecule has 3 aliphatic rings. The van der Waals surface area contributed by atoms with Crippen LogP contribution in [0.4, 0.5) is 0 Å². The number of aryl methyl sites for hydroxylation is 1. The first-order valence-electron chi connectivity index (χ1n) is 10.0. The second-order valence-corrected chi connectivity index (χ2v) is 8.10. The first-order chi connectivity index (χ1) is 13.3. The molecule has 6 rings (SSSR count). The Labute approximate surface area is 160 Å². The molecular formula is C22H27N5. The summed E-state index contributed by atoms with van der Waals surface area (Å²) in [5.41, 5.74) is 3.65. The lowest BCUT2D eigenvalue weighted by molar-refractivity contribution is 0.122. The summed E-state index contributed by atoms with van der Waals surface area (Å²) in [5.74, 6) is 1.83. The largest absolute Gasteiger partial charge is 0.304 e. The van der Waals surface area contributed by atoms with Gasteiger partial charge in [0.15, 0.2) is 0 Å². The topological polar surface area (TPSA) is 36.7 Å². The molecule has 3 aromatic heterocycles. The van der Waals surface area contributed by atoms with Gasteiger partial charge in [-0.05, 0) is 49.9 Å². The molecule has 2 atom stereocenters. The van der Waals surface area contributed by atoms with Crippen LogP contribution < -0.4 is 0 Å². The average Bonchev–Trinajstić information content (AvgIpc) is 2.83. The van der Waals surface area contributed by atoms with E-state index in [9.17, 15) is 0 Å². The number of pyridine rings is 2. The van der Waals surface area contributed by atoms with Gasteiger partial charge in [-0.2, -0.15) is 0 Å². The number of hydrogen-bond acceptors (Lipinski definition) is 4. The van der Waals surface area contributed by atoms with E-state index < -0.39 is 0 Å². The Morgan fingerprint density at radius 3 is 2.81 bits per heavy atom. The standard InChI is InChI=1S/C22H27N5/c1-17-24-21(22-7-3-5-11-27(17)22)16-26-13-18-8-9-20(26)15-25(12-18)14-19-6-2-4-10-23-19/h2-7,10-11,18,20H,8-9,12-16H2,1H3/t18-,20+/m0/s1. The summed E-state index contributed by atoms with van der Waals surface area (Å²) < 4.78 is 2.21. The van der Waals surface area contributed by atoms with Crippen LogP contribution in [0.3, 0.4) is 0 Å². The smallest absolute Gasteiger partial charge is 0.110 e. The zero-order valence-corrected chi connectivity index (χ0v) is 16.0. The Kier molecular flexibility index (Phi) is 4.42. The second kappa shape index (κ2) is 7.06. The lowest BCUT2D eigenvalue weighted by Crippen LogP contribution is -2.43. The fraction of sp³-hybridized carbons (Fsp3) is 0.455. The van der Waals surface area contributed by atoms with Crippen molar-refractivity contribution in [2.24, 2.45) is 5.92 Å². The fourth-order valence-electron chi connectivity index (χ4n) is 4.90. The summed E-state index contributed by atoms with van der Waals surface area (Å²) in [7, 11) is 0. The number of fused-ring (bicyclic) bond motifs is 5. The van der Waals surface area contributed by atoms with Crippen LogP contribution >= 0.6 is 0 Å². The van der Waals surface area contributed by atoms with Gasteiger partial charge in [0.25, 0.3) is 0 Å². The van der Waals surface area contributed by atoms with Crippen molar-refractivity contribution in [3.63, 3.8) is 0 Å². The second-order valence-electron chi connectivity index (χ2n) is 8.10. The van der Waals surface area contributed by atoms with Gasteiger partial charge >= 0.3 is 0 Å². The molecule has 3 fully saturated rings. The van der Waals surface area contributed by atoms with Gasteiger partial charge in [0.1, 0.15) is 5.82 Å².